The van der Waals surface area contributed by atoms with Crippen molar-refractivity contribution in [3.8, 4) is 5.75 Å². The van der Waals surface area contributed by atoms with Crippen molar-refractivity contribution in [1.29, 1.82) is 0 Å². The third-order valence-electron chi connectivity index (χ3n) is 6.34. The second-order valence-corrected chi connectivity index (χ2v) is 13.5. The first kappa shape index (κ1) is 30.2. The van der Waals surface area contributed by atoms with Gasteiger partial charge in [0.05, 0.1) is 26.0 Å². The van der Waals surface area contributed by atoms with Gasteiger partial charge in [0.25, 0.3) is 5.56 Å². The Morgan fingerprint density at radius 2 is 1.88 bits per heavy atom. The van der Waals surface area contributed by atoms with E-state index in [1.54, 1.807) is 32.1 Å². The third kappa shape index (κ3) is 6.41. The van der Waals surface area contributed by atoms with Crippen molar-refractivity contribution in [2.45, 2.75) is 26.5 Å². The van der Waals surface area contributed by atoms with Crippen LogP contribution in [0.1, 0.15) is 36.6 Å². The summed E-state index contributed by atoms with van der Waals surface area (Å²) < 4.78 is 16.4. The Labute approximate surface area is 275 Å². The molecular weight excluding hydrogens is 807 g/mol. The molecule has 1 aliphatic rings. The standard InChI is InChI=1S/C30H22Br2ClIN2O4S/c1-3-39-29(38)25-16(2)35-30-36(26(25)21-6-4-5-7-22(21)33)28(37)24(41-30)13-18-12-20(32)14-23(34)27(18)40-15-17-8-10-19(31)11-9-17/h4-14,26H,3,15H2,1-2H3/b24-13-/t26-/m0/s1. The Morgan fingerprint density at radius 3 is 2.59 bits per heavy atom. The van der Waals surface area contributed by atoms with Crippen molar-refractivity contribution in [3.05, 3.63) is 126 Å². The van der Waals surface area contributed by atoms with Crippen LogP contribution in [0.2, 0.25) is 5.02 Å². The lowest BCUT2D eigenvalue weighted by atomic mass is 9.96. The summed E-state index contributed by atoms with van der Waals surface area (Å²) in [7, 11) is 0. The lowest BCUT2D eigenvalue weighted by molar-refractivity contribution is -0.139. The maximum Gasteiger partial charge on any atom is 0.338 e. The van der Waals surface area contributed by atoms with Crippen LogP contribution in [0.15, 0.2) is 90.7 Å². The van der Waals surface area contributed by atoms with Crippen molar-refractivity contribution in [2.24, 2.45) is 4.99 Å². The van der Waals surface area contributed by atoms with E-state index < -0.39 is 12.0 Å². The molecule has 0 radical (unpaired) electrons. The fraction of sp³-hybridized carbons (Fsp3) is 0.167. The Morgan fingerprint density at radius 1 is 1.15 bits per heavy atom. The minimum absolute atomic E-state index is 0.194. The maximum atomic E-state index is 14.0. The number of hydrogen-bond acceptors (Lipinski definition) is 6. The lowest BCUT2D eigenvalue weighted by Gasteiger charge is -2.25. The van der Waals surface area contributed by atoms with Gasteiger partial charge in [0.2, 0.25) is 0 Å². The van der Waals surface area contributed by atoms with Gasteiger partial charge in [-0.3, -0.25) is 9.36 Å². The van der Waals surface area contributed by atoms with Gasteiger partial charge in [-0.05, 0) is 84.0 Å². The summed E-state index contributed by atoms with van der Waals surface area (Å²) in [5.74, 6) is 0.131. The molecule has 41 heavy (non-hydrogen) atoms. The van der Waals surface area contributed by atoms with E-state index in [1.165, 1.54) is 15.9 Å². The van der Waals surface area contributed by atoms with Crippen LogP contribution in [0.3, 0.4) is 0 Å². The summed E-state index contributed by atoms with van der Waals surface area (Å²) in [4.78, 5) is 32.3. The second-order valence-electron chi connectivity index (χ2n) is 9.04. The molecule has 0 spiro atoms. The molecule has 11 heteroatoms. The van der Waals surface area contributed by atoms with Crippen molar-refractivity contribution >= 4 is 89.4 Å². The molecule has 1 aromatic heterocycles. The van der Waals surface area contributed by atoms with Crippen LogP contribution in [0.25, 0.3) is 6.08 Å². The zero-order valence-electron chi connectivity index (χ0n) is 21.8. The van der Waals surface area contributed by atoms with E-state index in [-0.39, 0.29) is 17.7 Å². The molecule has 0 N–H and O–H groups in total. The van der Waals surface area contributed by atoms with Gasteiger partial charge in [0, 0.05) is 19.5 Å². The number of fused-ring (bicyclic) bond motifs is 1. The molecule has 0 unspecified atom stereocenters. The fourth-order valence-corrected chi connectivity index (χ4v) is 7.75. The average Bonchev–Trinajstić information content (AvgIpc) is 3.23. The second kappa shape index (κ2) is 12.9. The molecular formula is C30H22Br2ClIN2O4S. The Kier molecular flexibility index (Phi) is 9.54. The van der Waals surface area contributed by atoms with Crippen LogP contribution in [-0.4, -0.2) is 17.1 Å². The number of carbonyl (C=O) groups excluding carboxylic acids is 1. The molecule has 0 bridgehead atoms. The number of ether oxygens (including phenoxy) is 2. The number of carbonyl (C=O) groups is 1. The summed E-state index contributed by atoms with van der Waals surface area (Å²) in [6, 6.07) is 18.2. The largest absolute Gasteiger partial charge is 0.487 e. The van der Waals surface area contributed by atoms with Crippen molar-refractivity contribution < 1.29 is 14.3 Å². The van der Waals surface area contributed by atoms with E-state index in [1.807, 2.05) is 48.5 Å². The molecule has 0 aliphatic carbocycles. The third-order valence-corrected chi connectivity index (χ3v) is 9.45. The van der Waals surface area contributed by atoms with Crippen LogP contribution < -0.4 is 19.6 Å². The van der Waals surface area contributed by atoms with Crippen LogP contribution in [0.4, 0.5) is 0 Å². The number of thiazole rings is 1. The zero-order chi connectivity index (χ0) is 29.3. The van der Waals surface area contributed by atoms with Gasteiger partial charge >= 0.3 is 5.97 Å². The Hall–Kier alpha value is -2.25. The first-order chi connectivity index (χ1) is 19.7. The number of allylic oxidation sites excluding steroid dienone is 1. The van der Waals surface area contributed by atoms with E-state index in [0.717, 1.165) is 23.6 Å². The number of rotatable bonds is 7. The molecule has 0 saturated heterocycles. The van der Waals surface area contributed by atoms with Crippen LogP contribution in [0.5, 0.6) is 5.75 Å². The van der Waals surface area contributed by atoms with Gasteiger partial charge in [-0.2, -0.15) is 0 Å². The van der Waals surface area contributed by atoms with Crippen molar-refractivity contribution in [2.75, 3.05) is 6.61 Å². The summed E-state index contributed by atoms with van der Waals surface area (Å²) in [6.45, 7) is 4.04. The molecule has 3 aromatic carbocycles. The summed E-state index contributed by atoms with van der Waals surface area (Å²) in [6.07, 6.45) is 1.81. The summed E-state index contributed by atoms with van der Waals surface area (Å²) >= 11 is 17.1. The predicted octanol–water partition coefficient (Wildman–Crippen LogP) is 7.16. The zero-order valence-corrected chi connectivity index (χ0v) is 28.7. The van der Waals surface area contributed by atoms with E-state index in [9.17, 15) is 9.59 Å². The monoisotopic (exact) mass is 826 g/mol. The smallest absolute Gasteiger partial charge is 0.338 e. The molecule has 210 valence electrons. The molecule has 5 rings (SSSR count). The van der Waals surface area contributed by atoms with Gasteiger partial charge in [0.1, 0.15) is 18.4 Å². The quantitative estimate of drug-likeness (QED) is 0.147. The van der Waals surface area contributed by atoms with Crippen LogP contribution in [-0.2, 0) is 16.1 Å². The highest BCUT2D eigenvalue weighted by molar-refractivity contribution is 14.1. The minimum atomic E-state index is -0.781. The SMILES string of the molecule is CCOC(=O)C1=C(C)N=c2s/c(=C\c3cc(Br)cc(I)c3OCc3ccc(Br)cc3)c(=O)n2[C@H]1c1ccccc1Cl. The van der Waals surface area contributed by atoms with Gasteiger partial charge in [-0.25, -0.2) is 9.79 Å². The minimum Gasteiger partial charge on any atom is -0.487 e. The fourth-order valence-electron chi connectivity index (χ4n) is 4.50. The highest BCUT2D eigenvalue weighted by Gasteiger charge is 2.34. The topological polar surface area (TPSA) is 69.9 Å². The molecule has 1 atom stereocenters. The Balaban J connectivity index is 1.65. The molecule has 0 saturated carbocycles. The highest BCUT2D eigenvalue weighted by Crippen LogP contribution is 2.35. The molecule has 4 aromatic rings. The van der Waals surface area contributed by atoms with E-state index in [0.29, 0.717) is 38.0 Å². The van der Waals surface area contributed by atoms with E-state index in [2.05, 4.69) is 59.4 Å². The number of nitrogens with zero attached hydrogens (tertiary/aromatic N) is 2. The number of benzene rings is 3. The van der Waals surface area contributed by atoms with Gasteiger partial charge in [-0.15, -0.1) is 0 Å². The normalized spacial score (nSPS) is 15.0. The molecule has 6 nitrogen and oxygen atoms in total. The molecule has 1 aliphatic heterocycles. The maximum absolute atomic E-state index is 14.0. The van der Waals surface area contributed by atoms with Crippen LogP contribution >= 0.6 is 77.4 Å². The van der Waals surface area contributed by atoms with Crippen molar-refractivity contribution in [1.82, 2.24) is 4.57 Å². The van der Waals surface area contributed by atoms with Gasteiger partial charge < -0.3 is 9.47 Å². The average molecular weight is 829 g/mol. The van der Waals surface area contributed by atoms with E-state index >= 15 is 0 Å². The van der Waals surface area contributed by atoms with Gasteiger partial charge in [0.15, 0.2) is 4.80 Å². The lowest BCUT2D eigenvalue weighted by Crippen LogP contribution is -2.40. The number of esters is 1. The molecule has 2 heterocycles. The van der Waals surface area contributed by atoms with Crippen LogP contribution in [0, 0.1) is 3.57 Å². The highest BCUT2D eigenvalue weighted by atomic mass is 127. The van der Waals surface area contributed by atoms with Gasteiger partial charge in [-0.1, -0.05) is 85.1 Å². The number of aromatic nitrogens is 1. The molecule has 0 amide bonds. The first-order valence-electron chi connectivity index (χ1n) is 12.5. The van der Waals surface area contributed by atoms with Crippen molar-refractivity contribution in [3.63, 3.8) is 0 Å². The predicted molar refractivity (Wildman–Crippen MR) is 177 cm³/mol. The number of halogens is 4. The number of hydrogen-bond donors (Lipinski definition) is 0. The molecule has 0 fully saturated rings. The first-order valence-corrected chi connectivity index (χ1v) is 16.3. The summed E-state index contributed by atoms with van der Waals surface area (Å²) in [5, 5.41) is 0.439. The Bertz CT molecular complexity index is 1870. The summed E-state index contributed by atoms with van der Waals surface area (Å²) in [5.41, 5.74) is 2.85. The van der Waals surface area contributed by atoms with E-state index in [4.69, 9.17) is 21.1 Å².